The first kappa shape index (κ1) is 10.9. The smallest absolute Gasteiger partial charge is 0.215 e. The minimum absolute atomic E-state index is 0.285. The van der Waals surface area contributed by atoms with Crippen molar-refractivity contribution in [2.75, 3.05) is 7.11 Å². The summed E-state index contributed by atoms with van der Waals surface area (Å²) in [5, 5.41) is 0. The molecule has 0 aliphatic rings. The van der Waals surface area contributed by atoms with Gasteiger partial charge >= 0.3 is 0 Å². The van der Waals surface area contributed by atoms with Crippen molar-refractivity contribution in [3.05, 3.63) is 23.6 Å². The van der Waals surface area contributed by atoms with Crippen LogP contribution >= 0.6 is 0 Å². The van der Waals surface area contributed by atoms with E-state index >= 15 is 0 Å². The van der Waals surface area contributed by atoms with Gasteiger partial charge in [0.15, 0.2) is 0 Å². The Morgan fingerprint density at radius 3 is 2.42 bits per heavy atom. The van der Waals surface area contributed by atoms with Crippen molar-refractivity contribution in [2.45, 2.75) is 20.8 Å². The fourth-order valence-corrected chi connectivity index (χ4v) is 0.593. The zero-order valence-electron chi connectivity index (χ0n) is 7.89. The maximum absolute atomic E-state index is 12.6. The summed E-state index contributed by atoms with van der Waals surface area (Å²) in [6.45, 7) is 5.65. The van der Waals surface area contributed by atoms with Crippen LogP contribution in [0, 0.1) is 12.7 Å². The molecule has 2 nitrogen and oxygen atoms in total. The van der Waals surface area contributed by atoms with Gasteiger partial charge in [-0.1, -0.05) is 13.8 Å². The predicted molar refractivity (Wildman–Crippen MR) is 46.8 cm³/mol. The van der Waals surface area contributed by atoms with Gasteiger partial charge in [-0.3, -0.25) is 0 Å². The van der Waals surface area contributed by atoms with Gasteiger partial charge in [0.25, 0.3) is 0 Å². The van der Waals surface area contributed by atoms with Crippen LogP contribution in [0.3, 0.4) is 0 Å². The first-order valence-electron chi connectivity index (χ1n) is 3.90. The number of ether oxygens (including phenoxy) is 1. The Labute approximate surface area is 72.4 Å². The minimum atomic E-state index is -0.285. The van der Waals surface area contributed by atoms with Crippen molar-refractivity contribution in [3.63, 3.8) is 0 Å². The van der Waals surface area contributed by atoms with E-state index in [0.29, 0.717) is 11.4 Å². The van der Waals surface area contributed by atoms with Crippen molar-refractivity contribution in [1.82, 2.24) is 4.98 Å². The average molecular weight is 171 g/mol. The summed E-state index contributed by atoms with van der Waals surface area (Å²) in [6, 6.07) is 1.26. The second-order valence-corrected chi connectivity index (χ2v) is 1.98. The van der Waals surface area contributed by atoms with Crippen LogP contribution < -0.4 is 4.74 Å². The molecule has 0 aliphatic carbocycles. The molecule has 3 heteroatoms. The van der Waals surface area contributed by atoms with E-state index in [1.807, 2.05) is 13.8 Å². The van der Waals surface area contributed by atoms with Crippen molar-refractivity contribution in [3.8, 4) is 5.88 Å². The third-order valence-electron chi connectivity index (χ3n) is 1.22. The fraction of sp³-hybridized carbons (Fsp3) is 0.444. The number of methoxy groups -OCH3 is 1. The molecular formula is C9H14FNO. The Bertz CT molecular complexity index is 238. The average Bonchev–Trinajstić information content (AvgIpc) is 2.13. The van der Waals surface area contributed by atoms with Crippen LogP contribution in [-0.4, -0.2) is 12.1 Å². The summed E-state index contributed by atoms with van der Waals surface area (Å²) in [5.41, 5.74) is 0.529. The normalized spacial score (nSPS) is 8.42. The molecule has 12 heavy (non-hydrogen) atoms. The van der Waals surface area contributed by atoms with E-state index < -0.39 is 0 Å². The molecule has 1 aromatic rings. The molecule has 0 amide bonds. The summed E-state index contributed by atoms with van der Waals surface area (Å²) >= 11 is 0. The minimum Gasteiger partial charge on any atom is -0.481 e. The highest BCUT2D eigenvalue weighted by Crippen LogP contribution is 2.10. The van der Waals surface area contributed by atoms with Crippen LogP contribution in [0.4, 0.5) is 4.39 Å². The molecule has 0 spiro atoms. The van der Waals surface area contributed by atoms with Crippen molar-refractivity contribution < 1.29 is 9.13 Å². The molecule has 0 fully saturated rings. The van der Waals surface area contributed by atoms with E-state index in [4.69, 9.17) is 4.74 Å². The standard InChI is InChI=1S/C7H8FNO.C2H6/c1-5-4-9-7(10-2)3-6(5)8;1-2/h3-4H,1-2H3;1-2H3. The highest BCUT2D eigenvalue weighted by molar-refractivity contribution is 5.18. The molecule has 0 radical (unpaired) electrons. The van der Waals surface area contributed by atoms with Crippen LogP contribution in [0.1, 0.15) is 19.4 Å². The Hall–Kier alpha value is -1.12. The summed E-state index contributed by atoms with van der Waals surface area (Å²) in [7, 11) is 1.46. The molecule has 0 bridgehead atoms. The van der Waals surface area contributed by atoms with Gasteiger partial charge in [0, 0.05) is 17.8 Å². The predicted octanol–water partition coefficient (Wildman–Crippen LogP) is 2.56. The number of nitrogens with zero attached hydrogens (tertiary/aromatic N) is 1. The van der Waals surface area contributed by atoms with Crippen molar-refractivity contribution in [2.24, 2.45) is 0 Å². The lowest BCUT2D eigenvalue weighted by Crippen LogP contribution is -1.90. The zero-order chi connectivity index (χ0) is 9.56. The van der Waals surface area contributed by atoms with Crippen molar-refractivity contribution in [1.29, 1.82) is 0 Å². The second-order valence-electron chi connectivity index (χ2n) is 1.98. The molecule has 1 rings (SSSR count). The van der Waals surface area contributed by atoms with Gasteiger partial charge in [0.1, 0.15) is 5.82 Å². The lowest BCUT2D eigenvalue weighted by molar-refractivity contribution is 0.393. The van der Waals surface area contributed by atoms with E-state index in [1.54, 1.807) is 6.92 Å². The number of pyridine rings is 1. The van der Waals surface area contributed by atoms with E-state index in [0.717, 1.165) is 0 Å². The molecule has 0 aromatic carbocycles. The Morgan fingerprint density at radius 2 is 2.00 bits per heavy atom. The number of aromatic nitrogens is 1. The summed E-state index contributed by atoms with van der Waals surface area (Å²) in [4.78, 5) is 3.80. The number of aryl methyl sites for hydroxylation is 1. The maximum Gasteiger partial charge on any atom is 0.215 e. The van der Waals surface area contributed by atoms with Gasteiger partial charge in [-0.25, -0.2) is 9.37 Å². The van der Waals surface area contributed by atoms with E-state index in [-0.39, 0.29) is 5.82 Å². The molecule has 0 unspecified atom stereocenters. The second kappa shape index (κ2) is 5.52. The quantitative estimate of drug-likeness (QED) is 0.647. The molecule has 0 N–H and O–H groups in total. The van der Waals surface area contributed by atoms with Crippen LogP contribution in [0.15, 0.2) is 12.3 Å². The van der Waals surface area contributed by atoms with Gasteiger partial charge in [0.05, 0.1) is 7.11 Å². The van der Waals surface area contributed by atoms with Crippen molar-refractivity contribution >= 4 is 0 Å². The topological polar surface area (TPSA) is 22.1 Å². The third kappa shape index (κ3) is 2.86. The lowest BCUT2D eigenvalue weighted by Gasteiger charge is -1.98. The fourth-order valence-electron chi connectivity index (χ4n) is 0.593. The Morgan fingerprint density at radius 1 is 1.42 bits per heavy atom. The first-order chi connectivity index (χ1) is 5.74. The molecular weight excluding hydrogens is 157 g/mol. The number of hydrogen-bond acceptors (Lipinski definition) is 2. The molecule has 0 saturated carbocycles. The Kier molecular flexibility index (Phi) is 5.00. The van der Waals surface area contributed by atoms with E-state index in [1.165, 1.54) is 19.4 Å². The van der Waals surface area contributed by atoms with E-state index in [9.17, 15) is 4.39 Å². The first-order valence-corrected chi connectivity index (χ1v) is 3.90. The van der Waals surface area contributed by atoms with Crippen LogP contribution in [0.5, 0.6) is 5.88 Å². The highest BCUT2D eigenvalue weighted by Gasteiger charge is 1.98. The van der Waals surface area contributed by atoms with Crippen LogP contribution in [-0.2, 0) is 0 Å². The maximum atomic E-state index is 12.6. The number of hydrogen-bond donors (Lipinski definition) is 0. The monoisotopic (exact) mass is 171 g/mol. The Balaban J connectivity index is 0.000000561. The van der Waals surface area contributed by atoms with Gasteiger partial charge in [-0.05, 0) is 6.92 Å². The van der Waals surface area contributed by atoms with Gasteiger partial charge in [-0.15, -0.1) is 0 Å². The molecule has 0 atom stereocenters. The van der Waals surface area contributed by atoms with Crippen LogP contribution in [0.2, 0.25) is 0 Å². The van der Waals surface area contributed by atoms with Crippen LogP contribution in [0.25, 0.3) is 0 Å². The molecule has 0 aliphatic heterocycles. The molecule has 68 valence electrons. The SMILES string of the molecule is CC.COc1cc(F)c(C)cn1. The summed E-state index contributed by atoms with van der Waals surface area (Å²) in [6.07, 6.45) is 1.44. The zero-order valence-corrected chi connectivity index (χ0v) is 7.89. The highest BCUT2D eigenvalue weighted by atomic mass is 19.1. The van der Waals surface area contributed by atoms with Gasteiger partial charge < -0.3 is 4.74 Å². The number of rotatable bonds is 1. The summed E-state index contributed by atoms with van der Waals surface area (Å²) < 4.78 is 17.3. The molecule has 0 saturated heterocycles. The molecule has 1 aromatic heterocycles. The summed E-state index contributed by atoms with van der Waals surface area (Å²) in [5.74, 6) is 0.0231. The largest absolute Gasteiger partial charge is 0.481 e. The lowest BCUT2D eigenvalue weighted by atomic mass is 10.3. The third-order valence-corrected chi connectivity index (χ3v) is 1.22. The van der Waals surface area contributed by atoms with Gasteiger partial charge in [-0.2, -0.15) is 0 Å². The number of halogens is 1. The van der Waals surface area contributed by atoms with E-state index in [2.05, 4.69) is 4.98 Å². The van der Waals surface area contributed by atoms with Gasteiger partial charge in [0.2, 0.25) is 5.88 Å². The molecule has 1 heterocycles.